The van der Waals surface area contributed by atoms with Crippen LogP contribution in [0.2, 0.25) is 0 Å². The second-order valence-electron chi connectivity index (χ2n) is 6.58. The Morgan fingerprint density at radius 3 is 2.73 bits per heavy atom. The smallest absolute Gasteiger partial charge is 0.231 e. The van der Waals surface area contributed by atoms with Crippen molar-refractivity contribution in [1.29, 1.82) is 0 Å². The molecule has 3 N–H and O–H groups in total. The summed E-state index contributed by atoms with van der Waals surface area (Å²) in [4.78, 5) is 24.3. The molecule has 1 aliphatic rings. The third-order valence-electron chi connectivity index (χ3n) is 4.70. The summed E-state index contributed by atoms with van der Waals surface area (Å²) >= 11 is 1.68. The van der Waals surface area contributed by atoms with Crippen LogP contribution in [0.25, 0.3) is 20.7 Å². The Hall–Kier alpha value is -2.51. The zero-order valence-corrected chi connectivity index (χ0v) is 15.2. The number of piperidine rings is 1. The number of anilines is 1. The fraction of sp³-hybridized carbons (Fsp3) is 0.316. The van der Waals surface area contributed by atoms with Crippen LogP contribution in [-0.2, 0) is 4.79 Å². The average molecular weight is 367 g/mol. The summed E-state index contributed by atoms with van der Waals surface area (Å²) < 4.78 is 0. The van der Waals surface area contributed by atoms with Crippen molar-refractivity contribution in [2.75, 3.05) is 25.0 Å². The van der Waals surface area contributed by atoms with Gasteiger partial charge in [0, 0.05) is 24.0 Å². The number of primary amides is 1. The summed E-state index contributed by atoms with van der Waals surface area (Å²) in [6, 6.07) is 12.8. The minimum Gasteiger partial charge on any atom is -0.369 e. The van der Waals surface area contributed by atoms with Crippen molar-refractivity contribution >= 4 is 33.3 Å². The lowest BCUT2D eigenvalue weighted by molar-refractivity contribution is -0.119. The number of nitrogens with zero attached hydrogens (tertiary/aromatic N) is 3. The highest BCUT2D eigenvalue weighted by atomic mass is 32.1. The molecular formula is C19H21N5OS. The number of thiophene rings is 1. The zero-order valence-electron chi connectivity index (χ0n) is 14.4. The van der Waals surface area contributed by atoms with Gasteiger partial charge in [0.1, 0.15) is 17.0 Å². The zero-order chi connectivity index (χ0) is 17.9. The maximum atomic E-state index is 11.1. The molecule has 1 aromatic carbocycles. The molecule has 1 saturated heterocycles. The highest BCUT2D eigenvalue weighted by molar-refractivity contribution is 7.21. The predicted octanol–water partition coefficient (Wildman–Crippen LogP) is 2.72. The van der Waals surface area contributed by atoms with Gasteiger partial charge in [-0.1, -0.05) is 30.3 Å². The van der Waals surface area contributed by atoms with E-state index in [0.717, 1.165) is 42.0 Å². The Morgan fingerprint density at radius 1 is 1.23 bits per heavy atom. The second kappa shape index (κ2) is 7.39. The summed E-state index contributed by atoms with van der Waals surface area (Å²) in [5.74, 6) is 0.627. The first-order valence-electron chi connectivity index (χ1n) is 8.76. The van der Waals surface area contributed by atoms with E-state index in [-0.39, 0.29) is 5.91 Å². The van der Waals surface area contributed by atoms with E-state index < -0.39 is 0 Å². The van der Waals surface area contributed by atoms with Gasteiger partial charge >= 0.3 is 0 Å². The summed E-state index contributed by atoms with van der Waals surface area (Å²) in [7, 11) is 0. The van der Waals surface area contributed by atoms with E-state index in [0.29, 0.717) is 12.6 Å². The fourth-order valence-electron chi connectivity index (χ4n) is 3.36. The van der Waals surface area contributed by atoms with Gasteiger partial charge in [-0.2, -0.15) is 0 Å². The number of hydrogen-bond donors (Lipinski definition) is 2. The van der Waals surface area contributed by atoms with Crippen molar-refractivity contribution in [1.82, 2.24) is 14.9 Å². The number of nitrogens with two attached hydrogens (primary N) is 1. The van der Waals surface area contributed by atoms with Crippen molar-refractivity contribution in [2.24, 2.45) is 5.73 Å². The number of aromatic nitrogens is 2. The minimum atomic E-state index is -0.263. The average Bonchev–Trinajstić information content (AvgIpc) is 3.09. The molecule has 1 fully saturated rings. The van der Waals surface area contributed by atoms with E-state index in [1.807, 2.05) is 18.2 Å². The molecule has 3 heterocycles. The maximum Gasteiger partial charge on any atom is 0.231 e. The molecule has 0 radical (unpaired) electrons. The van der Waals surface area contributed by atoms with Gasteiger partial charge in [-0.25, -0.2) is 9.97 Å². The van der Waals surface area contributed by atoms with Gasteiger partial charge in [0.25, 0.3) is 0 Å². The van der Waals surface area contributed by atoms with Gasteiger partial charge < -0.3 is 11.1 Å². The molecule has 0 bridgehead atoms. The molecule has 7 heteroatoms. The van der Waals surface area contributed by atoms with Crippen LogP contribution in [0.3, 0.4) is 0 Å². The fourth-order valence-corrected chi connectivity index (χ4v) is 4.37. The van der Waals surface area contributed by atoms with Gasteiger partial charge in [0.05, 0.1) is 11.9 Å². The predicted molar refractivity (Wildman–Crippen MR) is 105 cm³/mol. The van der Waals surface area contributed by atoms with Crippen LogP contribution in [0.4, 0.5) is 5.82 Å². The SMILES string of the molecule is NC(=O)CN1CCC(Nc2ncnc3sc(-c4ccccc4)cc23)CC1. The van der Waals surface area contributed by atoms with Crippen LogP contribution in [0.1, 0.15) is 12.8 Å². The van der Waals surface area contributed by atoms with E-state index in [1.165, 1.54) is 10.4 Å². The number of nitrogens with one attached hydrogen (secondary N) is 1. The molecule has 3 aromatic rings. The largest absolute Gasteiger partial charge is 0.369 e. The first-order valence-corrected chi connectivity index (χ1v) is 9.58. The van der Waals surface area contributed by atoms with Crippen molar-refractivity contribution in [3.8, 4) is 10.4 Å². The topological polar surface area (TPSA) is 84.1 Å². The molecular weight excluding hydrogens is 346 g/mol. The normalized spacial score (nSPS) is 16.0. The number of carbonyl (C=O) groups excluding carboxylic acids is 1. The molecule has 2 aromatic heterocycles. The van der Waals surface area contributed by atoms with Crippen LogP contribution >= 0.6 is 11.3 Å². The molecule has 0 spiro atoms. The Morgan fingerprint density at radius 2 is 2.00 bits per heavy atom. The van der Waals surface area contributed by atoms with E-state index in [1.54, 1.807) is 17.7 Å². The van der Waals surface area contributed by atoms with Gasteiger partial charge in [-0.3, -0.25) is 9.69 Å². The van der Waals surface area contributed by atoms with Crippen LogP contribution < -0.4 is 11.1 Å². The molecule has 1 amide bonds. The lowest BCUT2D eigenvalue weighted by Gasteiger charge is -2.31. The van der Waals surface area contributed by atoms with E-state index in [4.69, 9.17) is 5.73 Å². The lowest BCUT2D eigenvalue weighted by atomic mass is 10.0. The summed E-state index contributed by atoms with van der Waals surface area (Å²) in [5, 5.41) is 4.64. The van der Waals surface area contributed by atoms with Crippen LogP contribution in [0.5, 0.6) is 0 Å². The minimum absolute atomic E-state index is 0.263. The molecule has 0 unspecified atom stereocenters. The van der Waals surface area contributed by atoms with Crippen LogP contribution in [-0.4, -0.2) is 46.5 Å². The molecule has 0 atom stereocenters. The number of likely N-dealkylation sites (tertiary alicyclic amines) is 1. The molecule has 4 rings (SSSR count). The van der Waals surface area contributed by atoms with Crippen LogP contribution in [0.15, 0.2) is 42.7 Å². The van der Waals surface area contributed by atoms with Gasteiger partial charge in [-0.05, 0) is 24.5 Å². The third kappa shape index (κ3) is 3.68. The Kier molecular flexibility index (Phi) is 4.81. The number of rotatable bonds is 5. The number of amides is 1. The van der Waals surface area contributed by atoms with Crippen molar-refractivity contribution in [2.45, 2.75) is 18.9 Å². The Labute approximate surface area is 156 Å². The highest BCUT2D eigenvalue weighted by Crippen LogP contribution is 2.35. The van der Waals surface area contributed by atoms with Crippen molar-refractivity contribution < 1.29 is 4.79 Å². The molecule has 1 aliphatic heterocycles. The standard InChI is InChI=1S/C19H21N5OS/c20-17(25)11-24-8-6-14(7-9-24)23-18-15-10-16(13-4-2-1-3-5-13)26-19(15)22-12-21-18/h1-5,10,12,14H,6-9,11H2,(H2,20,25)(H,21,22,23). The van der Waals surface area contributed by atoms with Crippen LogP contribution in [0, 0.1) is 0 Å². The highest BCUT2D eigenvalue weighted by Gasteiger charge is 2.21. The van der Waals surface area contributed by atoms with E-state index in [2.05, 4.69) is 38.4 Å². The molecule has 0 saturated carbocycles. The number of carbonyl (C=O) groups is 1. The van der Waals surface area contributed by atoms with Crippen molar-refractivity contribution in [3.05, 3.63) is 42.7 Å². The van der Waals surface area contributed by atoms with Gasteiger partial charge in [0.15, 0.2) is 0 Å². The molecule has 0 aliphatic carbocycles. The third-order valence-corrected chi connectivity index (χ3v) is 5.79. The Balaban J connectivity index is 1.51. The quantitative estimate of drug-likeness (QED) is 0.724. The monoisotopic (exact) mass is 367 g/mol. The lowest BCUT2D eigenvalue weighted by Crippen LogP contribution is -2.43. The molecule has 6 nitrogen and oxygen atoms in total. The van der Waals surface area contributed by atoms with E-state index in [9.17, 15) is 4.79 Å². The van der Waals surface area contributed by atoms with Crippen molar-refractivity contribution in [3.63, 3.8) is 0 Å². The maximum absolute atomic E-state index is 11.1. The molecule has 26 heavy (non-hydrogen) atoms. The Bertz CT molecular complexity index is 903. The van der Waals surface area contributed by atoms with Gasteiger partial charge in [0.2, 0.25) is 5.91 Å². The second-order valence-corrected chi connectivity index (χ2v) is 7.61. The first-order chi connectivity index (χ1) is 12.7. The summed E-state index contributed by atoms with van der Waals surface area (Å²) in [6.07, 6.45) is 3.56. The first kappa shape index (κ1) is 16.9. The summed E-state index contributed by atoms with van der Waals surface area (Å²) in [6.45, 7) is 2.08. The summed E-state index contributed by atoms with van der Waals surface area (Å²) in [5.41, 5.74) is 6.48. The number of fused-ring (bicyclic) bond motifs is 1. The van der Waals surface area contributed by atoms with Gasteiger partial charge in [-0.15, -0.1) is 11.3 Å². The van der Waals surface area contributed by atoms with E-state index >= 15 is 0 Å². The number of benzene rings is 1. The molecule has 134 valence electrons. The number of hydrogen-bond acceptors (Lipinski definition) is 6.